The highest BCUT2D eigenvalue weighted by atomic mass is 16.6. The molecule has 0 radical (unpaired) electrons. The Balaban J connectivity index is 2.19. The lowest BCUT2D eigenvalue weighted by Gasteiger charge is -2.10. The number of hydrogen-bond donors (Lipinski definition) is 1. The number of methoxy groups -OCH3 is 1. The number of benzene rings is 1. The minimum absolute atomic E-state index is 0.319. The zero-order valence-corrected chi connectivity index (χ0v) is 9.92. The molecule has 0 saturated heterocycles. The van der Waals surface area contributed by atoms with Crippen molar-refractivity contribution < 1.29 is 14.3 Å². The van der Waals surface area contributed by atoms with Gasteiger partial charge >= 0.3 is 6.09 Å². The molecule has 1 aliphatic carbocycles. The first-order valence-electron chi connectivity index (χ1n) is 5.72. The Morgan fingerprint density at radius 1 is 1.50 bits per heavy atom. The molecule has 1 fully saturated rings. The lowest BCUT2D eigenvalue weighted by Crippen LogP contribution is -2.16. The molecule has 0 bridgehead atoms. The molecular formula is C12H13N3O3. The number of ether oxygens (including phenoxy) is 2. The molecular weight excluding hydrogens is 234 g/mol. The molecule has 1 heterocycles. The van der Waals surface area contributed by atoms with Crippen LogP contribution >= 0.6 is 0 Å². The van der Waals surface area contributed by atoms with Gasteiger partial charge in [0.1, 0.15) is 5.52 Å². The monoisotopic (exact) mass is 247 g/mol. The fourth-order valence-corrected chi connectivity index (χ4v) is 2.07. The summed E-state index contributed by atoms with van der Waals surface area (Å²) in [5, 5.41) is 5.31. The Morgan fingerprint density at radius 2 is 2.28 bits per heavy atom. The first-order chi connectivity index (χ1) is 8.70. The van der Waals surface area contributed by atoms with Gasteiger partial charge < -0.3 is 15.2 Å². The van der Waals surface area contributed by atoms with Gasteiger partial charge in [-0.05, 0) is 25.0 Å². The van der Waals surface area contributed by atoms with E-state index < -0.39 is 6.09 Å². The average molecular weight is 247 g/mol. The van der Waals surface area contributed by atoms with E-state index in [1.165, 1.54) is 7.11 Å². The van der Waals surface area contributed by atoms with E-state index in [1.807, 2.05) is 10.7 Å². The van der Waals surface area contributed by atoms with E-state index in [9.17, 15) is 4.79 Å². The van der Waals surface area contributed by atoms with Gasteiger partial charge in [-0.1, -0.05) is 0 Å². The van der Waals surface area contributed by atoms with Crippen molar-refractivity contribution in [1.29, 1.82) is 0 Å². The molecule has 3 rings (SSSR count). The number of amides is 1. The van der Waals surface area contributed by atoms with E-state index in [-0.39, 0.29) is 0 Å². The summed E-state index contributed by atoms with van der Waals surface area (Å²) >= 11 is 0. The van der Waals surface area contributed by atoms with Gasteiger partial charge in [-0.2, -0.15) is 5.10 Å². The van der Waals surface area contributed by atoms with Gasteiger partial charge in [0.15, 0.2) is 11.5 Å². The number of aromatic nitrogens is 2. The lowest BCUT2D eigenvalue weighted by atomic mass is 10.2. The molecule has 1 aromatic carbocycles. The SMILES string of the molecule is COc1c(OC(N)=O)ccc2cnn(C3CC3)c12. The molecule has 2 N–H and O–H groups in total. The second-order valence-corrected chi connectivity index (χ2v) is 4.28. The summed E-state index contributed by atoms with van der Waals surface area (Å²) in [5.41, 5.74) is 5.88. The van der Waals surface area contributed by atoms with Crippen LogP contribution in [0.2, 0.25) is 0 Å². The minimum atomic E-state index is -0.856. The van der Waals surface area contributed by atoms with Crippen LogP contribution in [-0.2, 0) is 0 Å². The summed E-state index contributed by atoms with van der Waals surface area (Å²) in [5.74, 6) is 0.815. The first kappa shape index (κ1) is 10.9. The summed E-state index contributed by atoms with van der Waals surface area (Å²) < 4.78 is 12.2. The highest BCUT2D eigenvalue weighted by molar-refractivity contribution is 5.88. The Labute approximate surface area is 103 Å². The quantitative estimate of drug-likeness (QED) is 0.897. The molecule has 0 unspecified atom stereocenters. The molecule has 0 spiro atoms. The second-order valence-electron chi connectivity index (χ2n) is 4.28. The maximum atomic E-state index is 10.9. The van der Waals surface area contributed by atoms with Crippen LogP contribution in [0.3, 0.4) is 0 Å². The van der Waals surface area contributed by atoms with Crippen LogP contribution in [0, 0.1) is 0 Å². The van der Waals surface area contributed by atoms with Crippen molar-refractivity contribution in [3.05, 3.63) is 18.3 Å². The molecule has 18 heavy (non-hydrogen) atoms. The van der Waals surface area contributed by atoms with Crippen molar-refractivity contribution in [3.63, 3.8) is 0 Å². The van der Waals surface area contributed by atoms with Gasteiger partial charge in [0.05, 0.1) is 19.3 Å². The molecule has 1 amide bonds. The molecule has 6 heteroatoms. The summed E-state index contributed by atoms with van der Waals surface area (Å²) in [6.07, 6.45) is 3.15. The molecule has 94 valence electrons. The van der Waals surface area contributed by atoms with E-state index in [0.29, 0.717) is 17.5 Å². The van der Waals surface area contributed by atoms with Gasteiger partial charge in [-0.25, -0.2) is 4.79 Å². The smallest absolute Gasteiger partial charge is 0.410 e. The number of hydrogen-bond acceptors (Lipinski definition) is 4. The summed E-state index contributed by atoms with van der Waals surface area (Å²) in [6.45, 7) is 0. The zero-order chi connectivity index (χ0) is 12.7. The standard InChI is InChI=1S/C12H13N3O3/c1-17-11-9(18-12(13)16)5-2-7-6-14-15(10(7)11)8-3-4-8/h2,5-6,8H,3-4H2,1H3,(H2,13,16). The van der Waals surface area contributed by atoms with E-state index in [1.54, 1.807) is 12.3 Å². The fourth-order valence-electron chi connectivity index (χ4n) is 2.07. The van der Waals surface area contributed by atoms with Crippen LogP contribution in [0.25, 0.3) is 10.9 Å². The topological polar surface area (TPSA) is 79.4 Å². The van der Waals surface area contributed by atoms with E-state index in [4.69, 9.17) is 15.2 Å². The summed E-state index contributed by atoms with van der Waals surface area (Å²) in [7, 11) is 1.53. The van der Waals surface area contributed by atoms with Gasteiger partial charge in [-0.3, -0.25) is 4.68 Å². The number of carbonyl (C=O) groups excluding carboxylic acids is 1. The van der Waals surface area contributed by atoms with E-state index in [2.05, 4.69) is 5.10 Å². The van der Waals surface area contributed by atoms with Crippen molar-refractivity contribution in [3.8, 4) is 11.5 Å². The first-order valence-corrected chi connectivity index (χ1v) is 5.72. The number of rotatable bonds is 3. The number of primary amides is 1. The zero-order valence-electron chi connectivity index (χ0n) is 9.92. The van der Waals surface area contributed by atoms with E-state index >= 15 is 0 Å². The molecule has 6 nitrogen and oxygen atoms in total. The van der Waals surface area contributed by atoms with Crippen molar-refractivity contribution in [1.82, 2.24) is 9.78 Å². The largest absolute Gasteiger partial charge is 0.491 e. The second kappa shape index (κ2) is 3.90. The highest BCUT2D eigenvalue weighted by Crippen LogP contribution is 2.42. The predicted molar refractivity (Wildman–Crippen MR) is 64.8 cm³/mol. The van der Waals surface area contributed by atoms with Crippen LogP contribution in [0.4, 0.5) is 4.79 Å². The minimum Gasteiger partial charge on any atom is -0.491 e. The normalized spacial score (nSPS) is 14.7. The van der Waals surface area contributed by atoms with Crippen molar-refractivity contribution >= 4 is 17.0 Å². The van der Waals surface area contributed by atoms with Crippen LogP contribution in [0.1, 0.15) is 18.9 Å². The van der Waals surface area contributed by atoms with Gasteiger partial charge in [0, 0.05) is 5.39 Å². The number of carbonyl (C=O) groups is 1. The molecule has 1 aromatic heterocycles. The average Bonchev–Trinajstić information content (AvgIpc) is 3.09. The number of fused-ring (bicyclic) bond motifs is 1. The van der Waals surface area contributed by atoms with Crippen LogP contribution in [0.15, 0.2) is 18.3 Å². The van der Waals surface area contributed by atoms with Crippen LogP contribution in [-0.4, -0.2) is 23.0 Å². The van der Waals surface area contributed by atoms with E-state index in [0.717, 1.165) is 23.7 Å². The third-order valence-corrected chi connectivity index (χ3v) is 2.98. The molecule has 2 aromatic rings. The summed E-state index contributed by atoms with van der Waals surface area (Å²) in [4.78, 5) is 10.9. The number of nitrogens with zero attached hydrogens (tertiary/aromatic N) is 2. The Morgan fingerprint density at radius 3 is 2.89 bits per heavy atom. The Kier molecular flexibility index (Phi) is 2.36. The molecule has 1 saturated carbocycles. The molecule has 0 atom stereocenters. The van der Waals surface area contributed by atoms with Gasteiger partial charge in [-0.15, -0.1) is 0 Å². The Bertz CT molecular complexity index is 616. The third kappa shape index (κ3) is 1.66. The lowest BCUT2D eigenvalue weighted by molar-refractivity contribution is 0.209. The van der Waals surface area contributed by atoms with Gasteiger partial charge in [0.2, 0.25) is 0 Å². The van der Waals surface area contributed by atoms with Crippen molar-refractivity contribution in [2.45, 2.75) is 18.9 Å². The maximum absolute atomic E-state index is 10.9. The maximum Gasteiger partial charge on any atom is 0.410 e. The summed E-state index contributed by atoms with van der Waals surface area (Å²) in [6, 6.07) is 3.91. The van der Waals surface area contributed by atoms with Crippen molar-refractivity contribution in [2.24, 2.45) is 5.73 Å². The number of nitrogens with two attached hydrogens (primary N) is 1. The van der Waals surface area contributed by atoms with Gasteiger partial charge in [0.25, 0.3) is 0 Å². The Hall–Kier alpha value is -2.24. The van der Waals surface area contributed by atoms with Crippen molar-refractivity contribution in [2.75, 3.05) is 7.11 Å². The third-order valence-electron chi connectivity index (χ3n) is 2.98. The molecule has 1 aliphatic rings. The van der Waals surface area contributed by atoms with Crippen LogP contribution in [0.5, 0.6) is 11.5 Å². The molecule has 0 aliphatic heterocycles. The fraction of sp³-hybridized carbons (Fsp3) is 0.333. The highest BCUT2D eigenvalue weighted by Gasteiger charge is 2.28. The predicted octanol–water partition coefficient (Wildman–Crippen LogP) is 1.84. The van der Waals surface area contributed by atoms with Crippen LogP contribution < -0.4 is 15.2 Å².